The molecule has 2 aliphatic carbocycles. The van der Waals surface area contributed by atoms with Crippen LogP contribution in [0.5, 0.6) is 0 Å². The quantitative estimate of drug-likeness (QED) is 0.380. The smallest absolute Gasteiger partial charge is 0.391 e. The third-order valence-electron chi connectivity index (χ3n) is 8.43. The summed E-state index contributed by atoms with van der Waals surface area (Å²) in [6.45, 7) is 0. The Morgan fingerprint density at radius 2 is 1.73 bits per heavy atom. The summed E-state index contributed by atoms with van der Waals surface area (Å²) in [7, 11) is 0. The number of aliphatic hydroxyl groups is 1. The largest absolute Gasteiger partial charge is 0.408 e. The summed E-state index contributed by atoms with van der Waals surface area (Å²) >= 11 is 0.753. The topological polar surface area (TPSA) is 107 Å². The van der Waals surface area contributed by atoms with Crippen molar-refractivity contribution in [3.05, 3.63) is 28.5 Å². The number of hydrogen-bond acceptors (Lipinski definition) is 7. The van der Waals surface area contributed by atoms with E-state index in [0.717, 1.165) is 49.3 Å². The number of aromatic nitrogens is 2. The zero-order valence-electron chi connectivity index (χ0n) is 21.3. The van der Waals surface area contributed by atoms with Gasteiger partial charge in [-0.1, -0.05) is 0 Å². The highest BCUT2D eigenvalue weighted by molar-refractivity contribution is 7.17. The molecule has 8 nitrogen and oxygen atoms in total. The number of carbonyl (C=O) groups excluding carboxylic acids is 2. The molecule has 0 spiro atoms. The molecular weight excluding hydrogens is 557 g/mol. The molecule has 2 aliphatic heterocycles. The highest BCUT2D eigenvalue weighted by atomic mass is 32.1. The maximum atomic E-state index is 14.3. The van der Waals surface area contributed by atoms with E-state index in [-0.39, 0.29) is 39.0 Å². The Hall–Kier alpha value is -2.87. The van der Waals surface area contributed by atoms with E-state index < -0.39 is 54.1 Å². The van der Waals surface area contributed by atoms with Crippen LogP contribution in [0.3, 0.4) is 0 Å². The van der Waals surface area contributed by atoms with Gasteiger partial charge in [0.2, 0.25) is 0 Å². The van der Waals surface area contributed by atoms with Crippen molar-refractivity contribution < 1.29 is 36.6 Å². The molecule has 0 unspecified atom stereocenters. The summed E-state index contributed by atoms with van der Waals surface area (Å²) in [6.07, 6.45) is -2.17. The lowest BCUT2D eigenvalue weighted by Gasteiger charge is -2.32. The van der Waals surface area contributed by atoms with Gasteiger partial charge in [-0.25, -0.2) is 18.7 Å². The van der Waals surface area contributed by atoms with Crippen molar-refractivity contribution >= 4 is 29.0 Å². The Labute approximate surface area is 230 Å². The second kappa shape index (κ2) is 10.2. The van der Waals surface area contributed by atoms with Crippen LogP contribution in [-0.4, -0.2) is 68.2 Å². The average Bonchev–Trinajstić information content (AvgIpc) is 3.34. The van der Waals surface area contributed by atoms with E-state index in [0.29, 0.717) is 25.7 Å². The van der Waals surface area contributed by atoms with Crippen molar-refractivity contribution in [3.8, 4) is 10.4 Å². The monoisotopic (exact) mass is 585 g/mol. The van der Waals surface area contributed by atoms with Crippen molar-refractivity contribution in [1.82, 2.24) is 20.2 Å². The molecule has 40 heavy (non-hydrogen) atoms. The second-order valence-electron chi connectivity index (χ2n) is 11.1. The van der Waals surface area contributed by atoms with Crippen LogP contribution in [-0.2, 0) is 0 Å². The van der Waals surface area contributed by atoms with Crippen molar-refractivity contribution in [1.29, 1.82) is 0 Å². The van der Waals surface area contributed by atoms with Crippen LogP contribution in [0.1, 0.15) is 83.6 Å². The third kappa shape index (κ3) is 5.04. The molecule has 6 rings (SSSR count). The number of pyridine rings is 1. The Bertz CT molecular complexity index is 1300. The fourth-order valence-electron chi connectivity index (χ4n) is 5.97. The minimum absolute atomic E-state index is 0.00967. The number of halogens is 5. The lowest BCUT2D eigenvalue weighted by Crippen LogP contribution is -2.50. The van der Waals surface area contributed by atoms with E-state index in [1.165, 1.54) is 0 Å². The summed E-state index contributed by atoms with van der Waals surface area (Å²) in [5.41, 5.74) is -0.929. The van der Waals surface area contributed by atoms with Gasteiger partial charge in [-0.2, -0.15) is 13.2 Å². The molecule has 2 saturated heterocycles. The number of anilines is 1. The van der Waals surface area contributed by atoms with Gasteiger partial charge >= 0.3 is 6.18 Å². The first-order chi connectivity index (χ1) is 19.0. The van der Waals surface area contributed by atoms with E-state index in [2.05, 4.69) is 20.6 Å². The Morgan fingerprint density at radius 3 is 2.25 bits per heavy atom. The van der Waals surface area contributed by atoms with Crippen molar-refractivity contribution in [2.24, 2.45) is 5.92 Å². The van der Waals surface area contributed by atoms with Crippen LogP contribution in [0.15, 0.2) is 12.3 Å². The third-order valence-corrected chi connectivity index (χ3v) is 9.52. The first kappa shape index (κ1) is 27.3. The zero-order chi connectivity index (χ0) is 28.3. The maximum Gasteiger partial charge on any atom is 0.408 e. The van der Waals surface area contributed by atoms with Crippen molar-refractivity contribution in [2.75, 3.05) is 5.32 Å². The standard InChI is InChI=1S/C26H28F5N5O3S/c27-22(28)14-9-18(34-21(11-1-2-11)26(29,30)31)32-10-15(14)20-19(25(39)36-12-3-4-13(36)6-5-12)35-24(40-20)23(38)33-16-7-8-17(16)37/h9-13,16-17,21-22,37H,1-8H2,(H,32,34)(H,33,38)/t12-,13+,16-,17-,21+/m1/s1. The van der Waals surface area contributed by atoms with Gasteiger partial charge < -0.3 is 20.6 Å². The summed E-state index contributed by atoms with van der Waals surface area (Å²) in [4.78, 5) is 36.7. The molecule has 3 N–H and O–H groups in total. The van der Waals surface area contributed by atoms with Gasteiger partial charge in [0.1, 0.15) is 17.6 Å². The molecular formula is C26H28F5N5O3S. The number of aliphatic hydroxyl groups excluding tert-OH is 1. The normalized spacial score (nSPS) is 26.6. The molecule has 216 valence electrons. The van der Waals surface area contributed by atoms with E-state index in [4.69, 9.17) is 0 Å². The molecule has 2 bridgehead atoms. The molecule has 14 heteroatoms. The first-order valence-electron chi connectivity index (χ1n) is 13.5. The van der Waals surface area contributed by atoms with Gasteiger partial charge in [-0.3, -0.25) is 9.59 Å². The van der Waals surface area contributed by atoms with E-state index in [1.807, 2.05) is 0 Å². The summed E-state index contributed by atoms with van der Waals surface area (Å²) < 4.78 is 69.3. The number of fused-ring (bicyclic) bond motifs is 2. The predicted octanol–water partition coefficient (Wildman–Crippen LogP) is 4.92. The van der Waals surface area contributed by atoms with Gasteiger partial charge in [0.25, 0.3) is 18.2 Å². The molecule has 0 radical (unpaired) electrons. The second-order valence-corrected chi connectivity index (χ2v) is 12.1. The summed E-state index contributed by atoms with van der Waals surface area (Å²) in [5, 5.41) is 14.7. The lowest BCUT2D eigenvalue weighted by atomic mass is 9.89. The highest BCUT2D eigenvalue weighted by Crippen LogP contribution is 2.44. The lowest BCUT2D eigenvalue weighted by molar-refractivity contribution is -0.146. The van der Waals surface area contributed by atoms with E-state index >= 15 is 0 Å². The Kier molecular flexibility index (Phi) is 6.96. The van der Waals surface area contributed by atoms with Crippen LogP contribution in [0.2, 0.25) is 0 Å². The number of alkyl halides is 5. The SMILES string of the molecule is O=C(N[C@@H]1CC[C@H]1O)c1nc(C(=O)N2[C@H]3CC[C@@H]2CC3)c(-c2cnc(N[C@@H](C3CC3)C(F)(F)F)cc2C(F)F)s1. The number of carbonyl (C=O) groups is 2. The van der Waals surface area contributed by atoms with Crippen LogP contribution in [0.25, 0.3) is 10.4 Å². The molecule has 4 fully saturated rings. The van der Waals surface area contributed by atoms with Gasteiger partial charge in [0, 0.05) is 29.4 Å². The molecule has 2 saturated carbocycles. The van der Waals surface area contributed by atoms with Crippen LogP contribution >= 0.6 is 11.3 Å². The van der Waals surface area contributed by atoms with Gasteiger partial charge in [-0.15, -0.1) is 11.3 Å². The highest BCUT2D eigenvalue weighted by Gasteiger charge is 2.49. The van der Waals surface area contributed by atoms with Crippen LogP contribution in [0, 0.1) is 5.92 Å². The number of hydrogen-bond donors (Lipinski definition) is 3. The minimum Gasteiger partial charge on any atom is -0.391 e. The molecule has 2 aromatic heterocycles. The molecule has 2 amide bonds. The van der Waals surface area contributed by atoms with Crippen LogP contribution in [0.4, 0.5) is 27.8 Å². The number of thiazole rings is 1. The molecule has 2 aromatic rings. The van der Waals surface area contributed by atoms with Crippen molar-refractivity contribution in [3.63, 3.8) is 0 Å². The fourth-order valence-corrected chi connectivity index (χ4v) is 6.96. The van der Waals surface area contributed by atoms with Crippen LogP contribution < -0.4 is 10.6 Å². The summed E-state index contributed by atoms with van der Waals surface area (Å²) in [6, 6.07) is -1.48. The average molecular weight is 586 g/mol. The summed E-state index contributed by atoms with van der Waals surface area (Å²) in [5.74, 6) is -2.10. The van der Waals surface area contributed by atoms with Gasteiger partial charge in [0.05, 0.1) is 17.0 Å². The molecule has 4 heterocycles. The Balaban J connectivity index is 1.37. The predicted molar refractivity (Wildman–Crippen MR) is 135 cm³/mol. The Morgan fingerprint density at radius 1 is 1.05 bits per heavy atom. The number of nitrogens with zero attached hydrogens (tertiary/aromatic N) is 3. The number of amides is 2. The molecule has 0 aromatic carbocycles. The maximum absolute atomic E-state index is 14.3. The fraction of sp³-hybridized carbons (Fsp3) is 0.615. The zero-order valence-corrected chi connectivity index (χ0v) is 22.1. The van der Waals surface area contributed by atoms with E-state index in [1.54, 1.807) is 4.90 Å². The van der Waals surface area contributed by atoms with Gasteiger partial charge in [0.15, 0.2) is 5.01 Å². The van der Waals surface area contributed by atoms with E-state index in [9.17, 15) is 36.6 Å². The first-order valence-corrected chi connectivity index (χ1v) is 14.3. The number of rotatable bonds is 8. The molecule has 3 atom stereocenters. The minimum atomic E-state index is -4.57. The molecule has 4 aliphatic rings. The van der Waals surface area contributed by atoms with Gasteiger partial charge in [-0.05, 0) is 63.4 Å². The number of nitrogens with one attached hydrogen (secondary N) is 2. The van der Waals surface area contributed by atoms with Crippen molar-refractivity contribution in [2.45, 2.75) is 94.2 Å².